The minimum Gasteiger partial charge on any atom is -0.314 e. The van der Waals surface area contributed by atoms with Gasteiger partial charge in [0.25, 0.3) is 0 Å². The molecule has 0 bridgehead atoms. The van der Waals surface area contributed by atoms with Gasteiger partial charge in [-0.1, -0.05) is 20.8 Å². The van der Waals surface area contributed by atoms with E-state index < -0.39 is 12.1 Å². The molecule has 1 aliphatic rings. The van der Waals surface area contributed by atoms with Crippen LogP contribution >= 0.6 is 0 Å². The van der Waals surface area contributed by atoms with Crippen molar-refractivity contribution in [1.82, 2.24) is 5.32 Å². The Hall–Kier alpha value is -0.250. The molecule has 1 aliphatic carbocycles. The lowest BCUT2D eigenvalue weighted by Gasteiger charge is -2.35. The summed E-state index contributed by atoms with van der Waals surface area (Å²) >= 11 is 0. The lowest BCUT2D eigenvalue weighted by Crippen LogP contribution is -2.40. The van der Waals surface area contributed by atoms with Crippen molar-refractivity contribution in [3.8, 4) is 0 Å². The Morgan fingerprint density at radius 2 is 1.67 bits per heavy atom. The van der Waals surface area contributed by atoms with Gasteiger partial charge in [-0.05, 0) is 50.5 Å². The number of rotatable bonds is 5. The summed E-state index contributed by atoms with van der Waals surface area (Å²) in [6, 6.07) is 0.393. The van der Waals surface area contributed by atoms with Crippen LogP contribution in [0.3, 0.4) is 0 Å². The maximum atomic E-state index is 12.6. The summed E-state index contributed by atoms with van der Waals surface area (Å²) in [5, 5.41) is 3.46. The molecule has 0 saturated heterocycles. The fraction of sp³-hybridized carbons (Fsp3) is 1.00. The third-order valence-electron chi connectivity index (χ3n) is 4.00. The highest BCUT2D eigenvalue weighted by Gasteiger charge is 2.42. The van der Waals surface area contributed by atoms with E-state index in [1.165, 1.54) is 0 Å². The Kier molecular flexibility index (Phi) is 5.96. The molecule has 0 aromatic heterocycles. The fourth-order valence-corrected chi connectivity index (χ4v) is 3.06. The molecule has 0 aromatic rings. The van der Waals surface area contributed by atoms with Gasteiger partial charge in [0.15, 0.2) is 0 Å². The van der Waals surface area contributed by atoms with Crippen LogP contribution in [-0.2, 0) is 0 Å². The molecule has 0 heterocycles. The number of hydrogen-bond donors (Lipinski definition) is 1. The Morgan fingerprint density at radius 1 is 1.11 bits per heavy atom. The molecule has 1 N–H and O–H groups in total. The maximum absolute atomic E-state index is 12.6. The van der Waals surface area contributed by atoms with E-state index in [1.807, 2.05) is 0 Å². The Morgan fingerprint density at radius 3 is 2.06 bits per heavy atom. The minimum atomic E-state index is -3.99. The lowest BCUT2D eigenvalue weighted by atomic mass is 9.76. The molecule has 1 rings (SSSR count). The zero-order chi connectivity index (χ0) is 13.8. The van der Waals surface area contributed by atoms with Gasteiger partial charge >= 0.3 is 6.18 Å². The predicted octanol–water partition coefficient (Wildman–Crippen LogP) is 4.38. The summed E-state index contributed by atoms with van der Waals surface area (Å²) in [5.74, 6) is -0.0459. The van der Waals surface area contributed by atoms with Gasteiger partial charge in [0.1, 0.15) is 0 Å². The third kappa shape index (κ3) is 4.79. The second-order valence-corrected chi connectivity index (χ2v) is 5.95. The van der Waals surface area contributed by atoms with Crippen LogP contribution in [0.5, 0.6) is 0 Å². The summed E-state index contributed by atoms with van der Waals surface area (Å²) < 4.78 is 37.8. The monoisotopic (exact) mass is 265 g/mol. The molecule has 1 saturated carbocycles. The smallest absolute Gasteiger partial charge is 0.314 e. The van der Waals surface area contributed by atoms with Crippen LogP contribution in [0.2, 0.25) is 0 Å². The van der Waals surface area contributed by atoms with Crippen molar-refractivity contribution in [2.45, 2.75) is 65.1 Å². The zero-order valence-electron chi connectivity index (χ0n) is 11.7. The van der Waals surface area contributed by atoms with Crippen LogP contribution < -0.4 is 5.32 Å². The van der Waals surface area contributed by atoms with E-state index >= 15 is 0 Å². The number of nitrogens with one attached hydrogen (secondary N) is 1. The average molecular weight is 265 g/mol. The molecular weight excluding hydrogens is 239 g/mol. The molecule has 1 atom stereocenters. The van der Waals surface area contributed by atoms with Crippen molar-refractivity contribution in [3.63, 3.8) is 0 Å². The highest BCUT2D eigenvalue weighted by atomic mass is 19.4. The first kappa shape index (κ1) is 15.8. The van der Waals surface area contributed by atoms with Crippen LogP contribution in [0.25, 0.3) is 0 Å². The van der Waals surface area contributed by atoms with Crippen molar-refractivity contribution in [2.75, 3.05) is 6.54 Å². The molecule has 0 spiro atoms. The first-order valence-electron chi connectivity index (χ1n) is 7.14. The number of halogens is 3. The van der Waals surface area contributed by atoms with Gasteiger partial charge in [0, 0.05) is 6.04 Å². The van der Waals surface area contributed by atoms with Gasteiger partial charge in [-0.2, -0.15) is 13.2 Å². The molecule has 18 heavy (non-hydrogen) atoms. The summed E-state index contributed by atoms with van der Waals surface area (Å²) in [7, 11) is 0. The highest BCUT2D eigenvalue weighted by Crippen LogP contribution is 2.41. The molecule has 4 heteroatoms. The topological polar surface area (TPSA) is 12.0 Å². The van der Waals surface area contributed by atoms with Crippen molar-refractivity contribution in [3.05, 3.63) is 0 Å². The van der Waals surface area contributed by atoms with Crippen LogP contribution in [0.4, 0.5) is 13.2 Å². The number of hydrogen-bond acceptors (Lipinski definition) is 1. The van der Waals surface area contributed by atoms with E-state index in [2.05, 4.69) is 26.1 Å². The van der Waals surface area contributed by atoms with E-state index in [4.69, 9.17) is 0 Å². The molecule has 1 fully saturated rings. The standard InChI is InChI=1S/C14H26F3N/c1-4-18-13(9-10(2)3)11-5-7-12(8-6-11)14(15,16)17/h10-13,18H,4-9H2,1-3H3. The van der Waals surface area contributed by atoms with E-state index in [-0.39, 0.29) is 0 Å². The fourth-order valence-electron chi connectivity index (χ4n) is 3.06. The first-order chi connectivity index (χ1) is 8.34. The second kappa shape index (κ2) is 6.78. The van der Waals surface area contributed by atoms with Crippen molar-refractivity contribution in [1.29, 1.82) is 0 Å². The molecule has 0 radical (unpaired) electrons. The summed E-state index contributed by atoms with van der Waals surface area (Å²) in [6.07, 6.45) is -0.864. The van der Waals surface area contributed by atoms with Crippen LogP contribution in [0.1, 0.15) is 52.9 Å². The molecule has 0 aliphatic heterocycles. The Bertz CT molecular complexity index is 230. The number of alkyl halides is 3. The molecule has 0 amide bonds. The predicted molar refractivity (Wildman–Crippen MR) is 68.4 cm³/mol. The van der Waals surface area contributed by atoms with Gasteiger partial charge in [-0.15, -0.1) is 0 Å². The van der Waals surface area contributed by atoms with E-state index in [1.54, 1.807) is 0 Å². The van der Waals surface area contributed by atoms with Crippen LogP contribution in [0.15, 0.2) is 0 Å². The largest absolute Gasteiger partial charge is 0.391 e. The Labute approximate surface area is 109 Å². The SMILES string of the molecule is CCNC(CC(C)C)C1CCC(C(F)(F)F)CC1. The highest BCUT2D eigenvalue weighted by molar-refractivity contribution is 4.84. The van der Waals surface area contributed by atoms with Crippen LogP contribution in [0, 0.1) is 17.8 Å². The van der Waals surface area contributed by atoms with Gasteiger partial charge in [0.05, 0.1) is 5.92 Å². The quantitative estimate of drug-likeness (QED) is 0.778. The molecular formula is C14H26F3N. The van der Waals surface area contributed by atoms with E-state index in [0.717, 1.165) is 13.0 Å². The summed E-state index contributed by atoms with van der Waals surface area (Å²) in [5.41, 5.74) is 0. The van der Waals surface area contributed by atoms with Gasteiger partial charge in [-0.3, -0.25) is 0 Å². The normalized spacial score (nSPS) is 27.5. The van der Waals surface area contributed by atoms with Gasteiger partial charge in [0.2, 0.25) is 0 Å². The molecule has 1 unspecified atom stereocenters. The summed E-state index contributed by atoms with van der Waals surface area (Å²) in [4.78, 5) is 0. The average Bonchev–Trinajstić information content (AvgIpc) is 2.27. The lowest BCUT2D eigenvalue weighted by molar-refractivity contribution is -0.184. The first-order valence-corrected chi connectivity index (χ1v) is 7.14. The Balaban J connectivity index is 2.48. The maximum Gasteiger partial charge on any atom is 0.391 e. The van der Waals surface area contributed by atoms with Crippen molar-refractivity contribution in [2.24, 2.45) is 17.8 Å². The van der Waals surface area contributed by atoms with Crippen LogP contribution in [-0.4, -0.2) is 18.8 Å². The van der Waals surface area contributed by atoms with Gasteiger partial charge in [-0.25, -0.2) is 0 Å². The van der Waals surface area contributed by atoms with E-state index in [9.17, 15) is 13.2 Å². The van der Waals surface area contributed by atoms with Gasteiger partial charge < -0.3 is 5.32 Å². The summed E-state index contributed by atoms with van der Waals surface area (Å²) in [6.45, 7) is 7.31. The van der Waals surface area contributed by atoms with E-state index in [0.29, 0.717) is 43.6 Å². The molecule has 0 aromatic carbocycles. The van der Waals surface area contributed by atoms with Crippen molar-refractivity contribution < 1.29 is 13.2 Å². The minimum absolute atomic E-state index is 0.314. The molecule has 1 nitrogen and oxygen atoms in total. The zero-order valence-corrected chi connectivity index (χ0v) is 11.7. The molecule has 108 valence electrons. The third-order valence-corrected chi connectivity index (χ3v) is 4.00. The van der Waals surface area contributed by atoms with Crippen molar-refractivity contribution >= 4 is 0 Å². The second-order valence-electron chi connectivity index (χ2n) is 5.95.